The van der Waals surface area contributed by atoms with Crippen LogP contribution < -0.4 is 11.3 Å². The van der Waals surface area contributed by atoms with Crippen LogP contribution in [0.25, 0.3) is 0 Å². The van der Waals surface area contributed by atoms with E-state index >= 15 is 0 Å². The second kappa shape index (κ2) is 6.33. The van der Waals surface area contributed by atoms with Gasteiger partial charge in [0.15, 0.2) is 0 Å². The fraction of sp³-hybridized carbons (Fsp3) is 0.0769. The summed E-state index contributed by atoms with van der Waals surface area (Å²) in [5, 5.41) is 0.459. The van der Waals surface area contributed by atoms with E-state index in [0.29, 0.717) is 10.6 Å². The van der Waals surface area contributed by atoms with Crippen LogP contribution in [0.5, 0.6) is 0 Å². The molecule has 0 bridgehead atoms. The SMILES string of the molecule is NNC(c1cc(Br)cc(Br)c1)c1cc(F)ccc1Cl. The van der Waals surface area contributed by atoms with E-state index in [1.54, 1.807) is 0 Å². The maximum absolute atomic E-state index is 13.4. The van der Waals surface area contributed by atoms with Crippen molar-refractivity contribution in [3.8, 4) is 0 Å². The average molecular weight is 408 g/mol. The molecule has 0 radical (unpaired) electrons. The molecule has 0 saturated carbocycles. The lowest BCUT2D eigenvalue weighted by Gasteiger charge is -2.19. The summed E-state index contributed by atoms with van der Waals surface area (Å²) in [6.45, 7) is 0. The van der Waals surface area contributed by atoms with Gasteiger partial charge < -0.3 is 0 Å². The molecule has 2 aromatic rings. The highest BCUT2D eigenvalue weighted by molar-refractivity contribution is 9.11. The first-order valence-electron chi connectivity index (χ1n) is 5.38. The van der Waals surface area contributed by atoms with Gasteiger partial charge in [0.25, 0.3) is 0 Å². The van der Waals surface area contributed by atoms with Gasteiger partial charge in [0.1, 0.15) is 5.82 Å². The minimum atomic E-state index is -0.392. The second-order valence-electron chi connectivity index (χ2n) is 3.97. The number of hydrogen-bond donors (Lipinski definition) is 2. The Morgan fingerprint density at radius 3 is 2.32 bits per heavy atom. The standard InChI is InChI=1S/C13H10Br2ClFN2/c14-8-3-7(4-9(15)5-8)13(19-18)11-6-10(17)1-2-12(11)16/h1-6,13,19H,18H2. The zero-order valence-corrected chi connectivity index (χ0v) is 13.6. The monoisotopic (exact) mass is 406 g/mol. The smallest absolute Gasteiger partial charge is 0.123 e. The van der Waals surface area contributed by atoms with Crippen LogP contribution in [-0.4, -0.2) is 0 Å². The van der Waals surface area contributed by atoms with Gasteiger partial charge in [-0.2, -0.15) is 0 Å². The summed E-state index contributed by atoms with van der Waals surface area (Å²) < 4.78 is 15.2. The van der Waals surface area contributed by atoms with E-state index in [1.807, 2.05) is 18.2 Å². The Kier molecular flexibility index (Phi) is 4.97. The van der Waals surface area contributed by atoms with Crippen LogP contribution in [0, 0.1) is 5.82 Å². The molecule has 0 heterocycles. The van der Waals surface area contributed by atoms with Crippen molar-refractivity contribution in [1.82, 2.24) is 5.43 Å². The Bertz CT molecular complexity index is 587. The molecule has 0 fully saturated rings. The van der Waals surface area contributed by atoms with Gasteiger partial charge in [-0.3, -0.25) is 5.84 Å². The molecule has 19 heavy (non-hydrogen) atoms. The maximum Gasteiger partial charge on any atom is 0.123 e. The molecule has 2 nitrogen and oxygen atoms in total. The van der Waals surface area contributed by atoms with Crippen molar-refractivity contribution in [2.45, 2.75) is 6.04 Å². The third-order valence-corrected chi connectivity index (χ3v) is 3.91. The highest BCUT2D eigenvalue weighted by Crippen LogP contribution is 2.31. The molecule has 1 atom stereocenters. The van der Waals surface area contributed by atoms with E-state index in [1.165, 1.54) is 18.2 Å². The van der Waals surface area contributed by atoms with Gasteiger partial charge in [-0.15, -0.1) is 0 Å². The molecule has 6 heteroatoms. The lowest BCUT2D eigenvalue weighted by atomic mass is 9.99. The van der Waals surface area contributed by atoms with Gasteiger partial charge in [0, 0.05) is 14.0 Å². The van der Waals surface area contributed by atoms with Crippen molar-refractivity contribution >= 4 is 43.5 Å². The highest BCUT2D eigenvalue weighted by Gasteiger charge is 2.17. The normalized spacial score (nSPS) is 12.5. The van der Waals surface area contributed by atoms with Gasteiger partial charge in [0.05, 0.1) is 6.04 Å². The molecule has 100 valence electrons. The van der Waals surface area contributed by atoms with Crippen molar-refractivity contribution in [3.05, 3.63) is 67.3 Å². The average Bonchev–Trinajstić information content (AvgIpc) is 2.33. The van der Waals surface area contributed by atoms with E-state index < -0.39 is 6.04 Å². The molecule has 0 spiro atoms. The first kappa shape index (κ1) is 14.9. The highest BCUT2D eigenvalue weighted by atomic mass is 79.9. The zero-order chi connectivity index (χ0) is 14.0. The summed E-state index contributed by atoms with van der Waals surface area (Å²) in [5.41, 5.74) is 4.13. The number of nitrogens with one attached hydrogen (secondary N) is 1. The summed E-state index contributed by atoms with van der Waals surface area (Å²) in [4.78, 5) is 0. The summed E-state index contributed by atoms with van der Waals surface area (Å²) in [5.74, 6) is 5.24. The Morgan fingerprint density at radius 1 is 1.11 bits per heavy atom. The van der Waals surface area contributed by atoms with Crippen LogP contribution in [0.1, 0.15) is 17.2 Å². The summed E-state index contributed by atoms with van der Waals surface area (Å²) in [6.07, 6.45) is 0. The number of nitrogens with two attached hydrogens (primary N) is 1. The van der Waals surface area contributed by atoms with E-state index in [9.17, 15) is 4.39 Å². The number of benzene rings is 2. The molecule has 0 aliphatic rings. The van der Waals surface area contributed by atoms with Crippen molar-refractivity contribution in [1.29, 1.82) is 0 Å². The molecule has 3 N–H and O–H groups in total. The topological polar surface area (TPSA) is 38.0 Å². The number of hydrogen-bond acceptors (Lipinski definition) is 2. The van der Waals surface area contributed by atoms with Crippen LogP contribution in [0.15, 0.2) is 45.3 Å². The fourth-order valence-corrected chi connectivity index (χ4v) is 3.40. The van der Waals surface area contributed by atoms with Crippen LogP contribution in [0.2, 0.25) is 5.02 Å². The van der Waals surface area contributed by atoms with Gasteiger partial charge in [-0.05, 0) is 47.5 Å². The number of halogens is 4. The van der Waals surface area contributed by atoms with Crippen LogP contribution in [0.3, 0.4) is 0 Å². The number of rotatable bonds is 3. The van der Waals surface area contributed by atoms with E-state index in [0.717, 1.165) is 14.5 Å². The molecule has 0 aliphatic heterocycles. The molecule has 2 aromatic carbocycles. The third-order valence-electron chi connectivity index (χ3n) is 2.65. The van der Waals surface area contributed by atoms with Gasteiger partial charge in [-0.1, -0.05) is 43.5 Å². The lowest BCUT2D eigenvalue weighted by molar-refractivity contribution is 0.605. The molecular weight excluding hydrogens is 398 g/mol. The molecule has 0 amide bonds. The Labute approximate surface area is 132 Å². The minimum absolute atomic E-state index is 0.353. The summed E-state index contributed by atoms with van der Waals surface area (Å²) in [6, 6.07) is 9.52. The van der Waals surface area contributed by atoms with E-state index in [2.05, 4.69) is 37.3 Å². The zero-order valence-electron chi connectivity index (χ0n) is 9.63. The first-order chi connectivity index (χ1) is 9.01. The van der Waals surface area contributed by atoms with Crippen molar-refractivity contribution in [2.75, 3.05) is 0 Å². The van der Waals surface area contributed by atoms with Crippen molar-refractivity contribution in [3.63, 3.8) is 0 Å². The molecule has 0 saturated heterocycles. The van der Waals surface area contributed by atoms with Gasteiger partial charge >= 0.3 is 0 Å². The molecule has 2 rings (SSSR count). The van der Waals surface area contributed by atoms with Crippen LogP contribution in [-0.2, 0) is 0 Å². The second-order valence-corrected chi connectivity index (χ2v) is 6.21. The summed E-state index contributed by atoms with van der Waals surface area (Å²) >= 11 is 12.9. The van der Waals surface area contributed by atoms with Crippen molar-refractivity contribution < 1.29 is 4.39 Å². The lowest BCUT2D eigenvalue weighted by Crippen LogP contribution is -2.29. The van der Waals surface area contributed by atoms with E-state index in [-0.39, 0.29) is 5.82 Å². The van der Waals surface area contributed by atoms with Crippen LogP contribution in [0.4, 0.5) is 4.39 Å². The van der Waals surface area contributed by atoms with Crippen LogP contribution >= 0.6 is 43.5 Å². The van der Waals surface area contributed by atoms with E-state index in [4.69, 9.17) is 17.4 Å². The Morgan fingerprint density at radius 2 is 1.74 bits per heavy atom. The third kappa shape index (κ3) is 3.55. The Balaban J connectivity index is 2.52. The molecular formula is C13H10Br2ClFN2. The van der Waals surface area contributed by atoms with Gasteiger partial charge in [-0.25, -0.2) is 9.82 Å². The van der Waals surface area contributed by atoms with Gasteiger partial charge in [0.2, 0.25) is 0 Å². The quantitative estimate of drug-likeness (QED) is 0.577. The molecule has 0 aromatic heterocycles. The largest absolute Gasteiger partial charge is 0.271 e. The summed E-state index contributed by atoms with van der Waals surface area (Å²) in [7, 11) is 0. The fourth-order valence-electron chi connectivity index (χ4n) is 1.84. The minimum Gasteiger partial charge on any atom is -0.271 e. The number of hydrazine groups is 1. The maximum atomic E-state index is 13.4. The Hall–Kier alpha value is -0.460. The predicted molar refractivity (Wildman–Crippen MR) is 82.4 cm³/mol. The molecule has 0 aliphatic carbocycles. The predicted octanol–water partition coefficient (Wildman–Crippen LogP) is 4.56. The first-order valence-corrected chi connectivity index (χ1v) is 7.34. The van der Waals surface area contributed by atoms with Crippen molar-refractivity contribution in [2.24, 2.45) is 5.84 Å². The molecule has 1 unspecified atom stereocenters.